The highest BCUT2D eigenvalue weighted by atomic mass is 32.2. The second kappa shape index (κ2) is 20.7. The highest BCUT2D eigenvalue weighted by Crippen LogP contribution is 2.42. The van der Waals surface area contributed by atoms with Crippen molar-refractivity contribution in [2.45, 2.75) is 123 Å². The molecule has 0 radical (unpaired) electrons. The smallest absolute Gasteiger partial charge is 0.353 e. The number of unbranched alkanes of at least 4 members (excludes halogenated alkanes) is 13. The molecule has 3 N–H and O–H groups in total. The van der Waals surface area contributed by atoms with Crippen molar-refractivity contribution in [3.05, 3.63) is 12.7 Å². The van der Waals surface area contributed by atoms with Gasteiger partial charge >= 0.3 is 7.60 Å². The summed E-state index contributed by atoms with van der Waals surface area (Å²) in [7, 11) is -3.78. The van der Waals surface area contributed by atoms with Gasteiger partial charge in [-0.05, 0) is 37.7 Å². The number of hydrogen-bond acceptors (Lipinski definition) is 8. The zero-order valence-corrected chi connectivity index (χ0v) is 26.0. The quantitative estimate of drug-likeness (QED) is 0.0895. The molecule has 224 valence electrons. The molecule has 0 fully saturated rings. The Bertz CT molecular complexity index is 948. The summed E-state index contributed by atoms with van der Waals surface area (Å²) in [5.41, 5.74) is 6.95. The Balaban J connectivity index is 1.38. The van der Waals surface area contributed by atoms with Gasteiger partial charge in [0, 0.05) is 0 Å². The Morgan fingerprint density at radius 3 is 2.15 bits per heavy atom. The largest absolute Gasteiger partial charge is 0.382 e. The molecular weight excluding hydrogens is 533 g/mol. The van der Waals surface area contributed by atoms with Crippen LogP contribution < -0.4 is 5.73 Å². The standard InChI is InChI=1S/C28H52N5O4PS/c1-3-4-5-6-7-10-13-16-19-39-20-17-14-11-8-9-12-15-18-37-38(34,35)24-36-25(2)21-33-23-32-26-27(29)30-22-31-28(26)33/h22-23,25H,3-21,24H2,1-2H3,(H,34,35)(H2,29,30,31)/t25-/m1/s1. The maximum absolute atomic E-state index is 12.3. The molecule has 2 heterocycles. The third kappa shape index (κ3) is 15.4. The summed E-state index contributed by atoms with van der Waals surface area (Å²) in [6.07, 6.45) is 21.6. The molecule has 0 amide bonds. The predicted molar refractivity (Wildman–Crippen MR) is 163 cm³/mol. The number of thioether (sulfide) groups is 1. The maximum atomic E-state index is 12.3. The molecule has 0 bridgehead atoms. The highest BCUT2D eigenvalue weighted by Gasteiger charge is 2.21. The predicted octanol–water partition coefficient (Wildman–Crippen LogP) is 7.58. The summed E-state index contributed by atoms with van der Waals surface area (Å²) in [5.74, 6) is 2.93. The first-order valence-electron chi connectivity index (χ1n) is 15.0. The van der Waals surface area contributed by atoms with Crippen molar-refractivity contribution in [1.29, 1.82) is 0 Å². The number of anilines is 1. The molecule has 2 rings (SSSR count). The van der Waals surface area contributed by atoms with Gasteiger partial charge in [0.15, 0.2) is 11.5 Å². The molecule has 2 aromatic heterocycles. The Hall–Kier alpha value is -1.19. The van der Waals surface area contributed by atoms with E-state index >= 15 is 0 Å². The Kier molecular flexibility index (Phi) is 18.0. The minimum Gasteiger partial charge on any atom is -0.382 e. The van der Waals surface area contributed by atoms with Gasteiger partial charge in [0.2, 0.25) is 0 Å². The van der Waals surface area contributed by atoms with E-state index in [-0.39, 0.29) is 19.1 Å². The topological polar surface area (TPSA) is 125 Å². The summed E-state index contributed by atoms with van der Waals surface area (Å²) in [6, 6.07) is 0. The maximum Gasteiger partial charge on any atom is 0.353 e. The van der Waals surface area contributed by atoms with Crippen molar-refractivity contribution in [2.24, 2.45) is 0 Å². The molecular formula is C28H52N5O4PS. The van der Waals surface area contributed by atoms with Crippen molar-refractivity contribution in [3.8, 4) is 0 Å². The molecule has 0 aromatic carbocycles. The summed E-state index contributed by atoms with van der Waals surface area (Å²) < 4.78 is 24.9. The molecule has 0 saturated carbocycles. The molecule has 9 nitrogen and oxygen atoms in total. The van der Waals surface area contributed by atoms with E-state index < -0.39 is 7.60 Å². The monoisotopic (exact) mass is 585 g/mol. The van der Waals surface area contributed by atoms with Crippen LogP contribution in [0.4, 0.5) is 5.82 Å². The number of ether oxygens (including phenoxy) is 1. The fraction of sp³-hybridized carbons (Fsp3) is 0.821. The van der Waals surface area contributed by atoms with Crippen LogP contribution >= 0.6 is 19.4 Å². The van der Waals surface area contributed by atoms with E-state index in [2.05, 4.69) is 33.6 Å². The first-order valence-corrected chi connectivity index (χ1v) is 17.9. The average molecular weight is 586 g/mol. The number of hydrogen-bond donors (Lipinski definition) is 2. The number of nitrogens with two attached hydrogens (primary N) is 1. The van der Waals surface area contributed by atoms with E-state index in [0.717, 1.165) is 19.3 Å². The lowest BCUT2D eigenvalue weighted by atomic mass is 10.1. The fourth-order valence-corrected chi connectivity index (χ4v) is 6.41. The van der Waals surface area contributed by atoms with Gasteiger partial charge in [-0.2, -0.15) is 11.8 Å². The fourth-order valence-electron chi connectivity index (χ4n) is 4.46. The van der Waals surface area contributed by atoms with E-state index in [1.54, 1.807) is 10.9 Å². The van der Waals surface area contributed by atoms with Crippen LogP contribution in [-0.4, -0.2) is 55.0 Å². The van der Waals surface area contributed by atoms with Gasteiger partial charge in [0.1, 0.15) is 18.2 Å². The van der Waals surface area contributed by atoms with Crippen LogP contribution in [0, 0.1) is 0 Å². The third-order valence-corrected chi connectivity index (χ3v) is 8.99. The van der Waals surface area contributed by atoms with Gasteiger partial charge in [0.25, 0.3) is 0 Å². The normalized spacial score (nSPS) is 14.1. The number of nitrogen functional groups attached to an aromatic ring is 1. The molecule has 1 unspecified atom stereocenters. The van der Waals surface area contributed by atoms with Crippen LogP contribution in [0.25, 0.3) is 11.2 Å². The van der Waals surface area contributed by atoms with Crippen LogP contribution in [0.15, 0.2) is 12.7 Å². The molecule has 0 spiro atoms. The van der Waals surface area contributed by atoms with E-state index in [1.165, 1.54) is 94.9 Å². The summed E-state index contributed by atoms with van der Waals surface area (Å²) in [6.45, 7) is 4.80. The zero-order valence-electron chi connectivity index (χ0n) is 24.3. The van der Waals surface area contributed by atoms with Crippen LogP contribution in [0.2, 0.25) is 0 Å². The van der Waals surface area contributed by atoms with E-state index in [4.69, 9.17) is 15.0 Å². The lowest BCUT2D eigenvalue weighted by Crippen LogP contribution is -2.17. The number of nitrogens with zero attached hydrogens (tertiary/aromatic N) is 4. The van der Waals surface area contributed by atoms with Gasteiger partial charge in [-0.15, -0.1) is 0 Å². The zero-order chi connectivity index (χ0) is 28.2. The van der Waals surface area contributed by atoms with Gasteiger partial charge in [-0.3, -0.25) is 4.57 Å². The molecule has 2 atom stereocenters. The Morgan fingerprint density at radius 2 is 1.51 bits per heavy atom. The summed E-state index contributed by atoms with van der Waals surface area (Å²) >= 11 is 2.12. The van der Waals surface area contributed by atoms with E-state index in [0.29, 0.717) is 23.5 Å². The van der Waals surface area contributed by atoms with Crippen LogP contribution in [-0.2, 0) is 20.4 Å². The second-order valence-corrected chi connectivity index (χ2v) is 13.5. The molecule has 11 heteroatoms. The van der Waals surface area contributed by atoms with E-state index in [1.807, 2.05) is 6.92 Å². The second-order valence-electron chi connectivity index (χ2n) is 10.5. The van der Waals surface area contributed by atoms with Crippen LogP contribution in [0.3, 0.4) is 0 Å². The minimum atomic E-state index is -3.78. The Morgan fingerprint density at radius 1 is 0.923 bits per heavy atom. The SMILES string of the molecule is CCCCCCCCCCSCCCCCCCCCOP(=O)(O)CO[C@H](C)Cn1cnc2c(N)ncnc21. The number of rotatable bonds is 25. The van der Waals surface area contributed by atoms with Gasteiger partial charge in [-0.25, -0.2) is 15.0 Å². The van der Waals surface area contributed by atoms with Gasteiger partial charge in [0.05, 0.1) is 25.6 Å². The highest BCUT2D eigenvalue weighted by molar-refractivity contribution is 7.99. The van der Waals surface area contributed by atoms with Crippen molar-refractivity contribution in [3.63, 3.8) is 0 Å². The number of fused-ring (bicyclic) bond motifs is 1. The molecule has 39 heavy (non-hydrogen) atoms. The van der Waals surface area contributed by atoms with Crippen molar-refractivity contribution in [1.82, 2.24) is 19.5 Å². The minimum absolute atomic E-state index is 0.281. The van der Waals surface area contributed by atoms with Crippen LogP contribution in [0.5, 0.6) is 0 Å². The van der Waals surface area contributed by atoms with Crippen LogP contribution in [0.1, 0.15) is 110 Å². The number of imidazole rings is 1. The van der Waals surface area contributed by atoms with Gasteiger partial charge in [-0.1, -0.05) is 84.0 Å². The Labute approximate surface area is 240 Å². The molecule has 2 aromatic rings. The molecule has 0 aliphatic carbocycles. The van der Waals surface area contributed by atoms with Crippen molar-refractivity contribution >= 4 is 36.3 Å². The first-order chi connectivity index (χ1) is 18.9. The average Bonchev–Trinajstić information content (AvgIpc) is 3.32. The summed E-state index contributed by atoms with van der Waals surface area (Å²) in [5, 5.41) is 0. The first kappa shape index (κ1) is 34.0. The molecule has 0 saturated heterocycles. The summed E-state index contributed by atoms with van der Waals surface area (Å²) in [4.78, 5) is 22.4. The van der Waals surface area contributed by atoms with Crippen molar-refractivity contribution in [2.75, 3.05) is 30.2 Å². The van der Waals surface area contributed by atoms with Crippen molar-refractivity contribution < 1.29 is 18.7 Å². The lowest BCUT2D eigenvalue weighted by molar-refractivity contribution is 0.0715. The van der Waals surface area contributed by atoms with Gasteiger partial charge < -0.3 is 24.5 Å². The lowest BCUT2D eigenvalue weighted by Gasteiger charge is -2.17. The molecule has 0 aliphatic rings. The number of aromatic nitrogens is 4. The third-order valence-electron chi connectivity index (χ3n) is 6.77. The van der Waals surface area contributed by atoms with E-state index in [9.17, 15) is 9.46 Å². The molecule has 0 aliphatic heterocycles.